The molecule has 0 spiro atoms. The molecular formula is C19H23N3S. The standard InChI is InChI=1S/C19H23N3S/c1-14(12-21(2)3)13-22-16-6-4-5-7-18(16)23-19-9-8-15(11-20)10-17(19)22/h4-5,7-10,14,16H,6,12-13H2,1-3H3. The second kappa shape index (κ2) is 6.82. The summed E-state index contributed by atoms with van der Waals surface area (Å²) in [6, 6.07) is 8.77. The second-order valence-electron chi connectivity index (χ2n) is 6.66. The number of rotatable bonds is 4. The number of hydrogen-bond donors (Lipinski definition) is 0. The minimum atomic E-state index is 0.413. The fourth-order valence-corrected chi connectivity index (χ4v) is 4.59. The number of nitriles is 1. The van der Waals surface area contributed by atoms with Crippen molar-refractivity contribution in [1.29, 1.82) is 5.26 Å². The zero-order valence-electron chi connectivity index (χ0n) is 14.0. The van der Waals surface area contributed by atoms with Crippen LogP contribution in [0.25, 0.3) is 0 Å². The average Bonchev–Trinajstić information content (AvgIpc) is 2.53. The van der Waals surface area contributed by atoms with E-state index < -0.39 is 0 Å². The van der Waals surface area contributed by atoms with Crippen LogP contribution in [-0.4, -0.2) is 38.1 Å². The largest absolute Gasteiger partial charge is 0.362 e. The summed E-state index contributed by atoms with van der Waals surface area (Å²) in [7, 11) is 4.25. The molecule has 2 aliphatic rings. The Labute approximate surface area is 143 Å². The first kappa shape index (κ1) is 16.2. The summed E-state index contributed by atoms with van der Waals surface area (Å²) in [4.78, 5) is 7.43. The van der Waals surface area contributed by atoms with Gasteiger partial charge in [0, 0.05) is 22.9 Å². The maximum atomic E-state index is 9.25. The molecule has 120 valence electrons. The molecule has 3 rings (SSSR count). The van der Waals surface area contributed by atoms with Crippen LogP contribution in [0.2, 0.25) is 0 Å². The highest BCUT2D eigenvalue weighted by Gasteiger charge is 2.31. The summed E-state index contributed by atoms with van der Waals surface area (Å²) >= 11 is 1.85. The van der Waals surface area contributed by atoms with Crippen LogP contribution in [0.4, 0.5) is 5.69 Å². The molecule has 23 heavy (non-hydrogen) atoms. The Kier molecular flexibility index (Phi) is 4.79. The predicted octanol–water partition coefficient (Wildman–Crippen LogP) is 3.88. The van der Waals surface area contributed by atoms with Gasteiger partial charge in [-0.05, 0) is 44.6 Å². The van der Waals surface area contributed by atoms with Crippen molar-refractivity contribution in [3.8, 4) is 6.07 Å². The first-order valence-corrected chi connectivity index (χ1v) is 8.90. The maximum Gasteiger partial charge on any atom is 0.0992 e. The van der Waals surface area contributed by atoms with E-state index in [0.717, 1.165) is 25.1 Å². The number of benzene rings is 1. The van der Waals surface area contributed by atoms with Gasteiger partial charge in [-0.3, -0.25) is 0 Å². The van der Waals surface area contributed by atoms with E-state index in [0.29, 0.717) is 12.0 Å². The number of nitrogens with zero attached hydrogens (tertiary/aromatic N) is 3. The molecule has 0 saturated heterocycles. The van der Waals surface area contributed by atoms with E-state index in [2.05, 4.69) is 67.2 Å². The lowest BCUT2D eigenvalue weighted by Gasteiger charge is -2.42. The molecule has 0 N–H and O–H groups in total. The van der Waals surface area contributed by atoms with Gasteiger partial charge in [0.15, 0.2) is 0 Å². The first-order valence-electron chi connectivity index (χ1n) is 8.08. The molecule has 1 aliphatic heterocycles. The van der Waals surface area contributed by atoms with Gasteiger partial charge in [-0.1, -0.05) is 36.9 Å². The molecule has 1 aliphatic carbocycles. The molecular weight excluding hydrogens is 302 g/mol. The molecule has 1 aromatic carbocycles. The highest BCUT2D eigenvalue weighted by molar-refractivity contribution is 8.03. The number of fused-ring (bicyclic) bond motifs is 2. The average molecular weight is 325 g/mol. The third kappa shape index (κ3) is 3.46. The van der Waals surface area contributed by atoms with Crippen molar-refractivity contribution in [2.24, 2.45) is 5.92 Å². The molecule has 3 nitrogen and oxygen atoms in total. The second-order valence-corrected chi connectivity index (χ2v) is 7.78. The van der Waals surface area contributed by atoms with Crippen LogP contribution in [0.5, 0.6) is 0 Å². The fourth-order valence-electron chi connectivity index (χ4n) is 3.42. The van der Waals surface area contributed by atoms with E-state index in [4.69, 9.17) is 0 Å². The SMILES string of the molecule is CC(CN(C)C)CN1c2cc(C#N)ccc2SC2=CC=CCC21. The zero-order valence-corrected chi connectivity index (χ0v) is 14.8. The van der Waals surface area contributed by atoms with Crippen molar-refractivity contribution >= 4 is 17.4 Å². The molecule has 0 saturated carbocycles. The van der Waals surface area contributed by atoms with Crippen LogP contribution >= 0.6 is 11.8 Å². The van der Waals surface area contributed by atoms with Crippen molar-refractivity contribution in [3.05, 3.63) is 46.9 Å². The van der Waals surface area contributed by atoms with E-state index in [9.17, 15) is 5.26 Å². The number of hydrogen-bond acceptors (Lipinski definition) is 4. The lowest BCUT2D eigenvalue weighted by atomic mass is 10.0. The van der Waals surface area contributed by atoms with Gasteiger partial charge in [-0.25, -0.2) is 0 Å². The van der Waals surface area contributed by atoms with Crippen LogP contribution in [0, 0.1) is 17.2 Å². The van der Waals surface area contributed by atoms with E-state index in [1.165, 1.54) is 15.5 Å². The van der Waals surface area contributed by atoms with Crippen LogP contribution in [-0.2, 0) is 0 Å². The highest BCUT2D eigenvalue weighted by Crippen LogP contribution is 2.46. The molecule has 1 aromatic rings. The first-order chi connectivity index (χ1) is 11.1. The zero-order chi connectivity index (χ0) is 16.4. The fraction of sp³-hybridized carbons (Fsp3) is 0.421. The van der Waals surface area contributed by atoms with Crippen molar-refractivity contribution in [2.45, 2.75) is 24.3 Å². The topological polar surface area (TPSA) is 30.3 Å². The van der Waals surface area contributed by atoms with Gasteiger partial charge in [-0.15, -0.1) is 0 Å². The van der Waals surface area contributed by atoms with Crippen molar-refractivity contribution in [1.82, 2.24) is 4.90 Å². The monoisotopic (exact) mass is 325 g/mol. The van der Waals surface area contributed by atoms with Gasteiger partial charge >= 0.3 is 0 Å². The summed E-state index contributed by atoms with van der Waals surface area (Å²) < 4.78 is 0. The normalized spacial score (nSPS) is 20.6. The summed E-state index contributed by atoms with van der Waals surface area (Å²) in [5, 5.41) is 9.25. The lowest BCUT2D eigenvalue weighted by Crippen LogP contribution is -2.43. The molecule has 0 fully saturated rings. The Balaban J connectivity index is 1.95. The van der Waals surface area contributed by atoms with Gasteiger partial charge in [0.25, 0.3) is 0 Å². The van der Waals surface area contributed by atoms with Gasteiger partial charge in [-0.2, -0.15) is 5.26 Å². The molecule has 2 unspecified atom stereocenters. The Morgan fingerprint density at radius 1 is 1.43 bits per heavy atom. The van der Waals surface area contributed by atoms with Crippen LogP contribution in [0.15, 0.2) is 46.2 Å². The Morgan fingerprint density at radius 3 is 3.00 bits per heavy atom. The minimum Gasteiger partial charge on any atom is -0.362 e. The third-order valence-corrected chi connectivity index (χ3v) is 5.48. The summed E-state index contributed by atoms with van der Waals surface area (Å²) in [5.74, 6) is 0.568. The van der Waals surface area contributed by atoms with E-state index in [-0.39, 0.29) is 0 Å². The maximum absolute atomic E-state index is 9.25. The lowest BCUT2D eigenvalue weighted by molar-refractivity contribution is 0.336. The Morgan fingerprint density at radius 2 is 2.26 bits per heavy atom. The molecule has 0 amide bonds. The van der Waals surface area contributed by atoms with Crippen LogP contribution in [0.3, 0.4) is 0 Å². The van der Waals surface area contributed by atoms with Gasteiger partial charge in [0.2, 0.25) is 0 Å². The van der Waals surface area contributed by atoms with Crippen molar-refractivity contribution in [3.63, 3.8) is 0 Å². The molecule has 1 heterocycles. The van der Waals surface area contributed by atoms with E-state index in [1.807, 2.05) is 17.8 Å². The summed E-state index contributed by atoms with van der Waals surface area (Å²) in [6.07, 6.45) is 7.69. The van der Waals surface area contributed by atoms with Gasteiger partial charge < -0.3 is 9.80 Å². The van der Waals surface area contributed by atoms with E-state index in [1.54, 1.807) is 0 Å². The number of anilines is 1. The molecule has 4 heteroatoms. The third-order valence-electron chi connectivity index (χ3n) is 4.27. The quantitative estimate of drug-likeness (QED) is 0.840. The molecule has 0 radical (unpaired) electrons. The Bertz CT molecular complexity index is 684. The van der Waals surface area contributed by atoms with Crippen LogP contribution in [0.1, 0.15) is 18.9 Å². The van der Waals surface area contributed by atoms with Crippen molar-refractivity contribution in [2.75, 3.05) is 32.1 Å². The summed E-state index contributed by atoms with van der Waals surface area (Å²) in [6.45, 7) is 4.38. The van der Waals surface area contributed by atoms with Crippen molar-refractivity contribution < 1.29 is 0 Å². The minimum absolute atomic E-state index is 0.413. The van der Waals surface area contributed by atoms with Gasteiger partial charge in [0.1, 0.15) is 0 Å². The molecule has 2 atom stereocenters. The smallest absolute Gasteiger partial charge is 0.0992 e. The number of thioether (sulfide) groups is 1. The highest BCUT2D eigenvalue weighted by atomic mass is 32.2. The molecule has 0 aromatic heterocycles. The summed E-state index contributed by atoms with van der Waals surface area (Å²) in [5.41, 5.74) is 1.96. The Hall–Kier alpha value is -1.70. The van der Waals surface area contributed by atoms with Gasteiger partial charge in [0.05, 0.1) is 23.4 Å². The predicted molar refractivity (Wildman–Crippen MR) is 97.7 cm³/mol. The molecule has 0 bridgehead atoms. The van der Waals surface area contributed by atoms with Crippen LogP contribution < -0.4 is 4.90 Å². The number of allylic oxidation sites excluding steroid dienone is 2. The van der Waals surface area contributed by atoms with E-state index >= 15 is 0 Å².